The van der Waals surface area contributed by atoms with Crippen LogP contribution in [0.25, 0.3) is 0 Å². The highest BCUT2D eigenvalue weighted by Crippen LogP contribution is 2.26. The Hall–Kier alpha value is -0.480. The van der Waals surface area contributed by atoms with E-state index in [2.05, 4.69) is 5.32 Å². The summed E-state index contributed by atoms with van der Waals surface area (Å²) in [6, 6.07) is 1.60. The number of sulfonamides is 1. The van der Waals surface area contributed by atoms with Gasteiger partial charge in [-0.2, -0.15) is 4.31 Å². The van der Waals surface area contributed by atoms with Gasteiger partial charge in [0, 0.05) is 24.5 Å². The molecule has 2 rings (SSSR count). The van der Waals surface area contributed by atoms with Crippen LogP contribution in [0.2, 0.25) is 0 Å². The maximum Gasteiger partial charge on any atom is 0.244 e. The standard InChI is InChI=1S/C12H20N2O4S3/c1-2-13-10-11-12(4-7-19-11)21(17,18)14-5-3-8-20(15,16)9-6-14/h4,7,13H,2-3,5-6,8-10H2,1H3. The van der Waals surface area contributed by atoms with Crippen molar-refractivity contribution in [1.82, 2.24) is 9.62 Å². The minimum Gasteiger partial charge on any atom is -0.312 e. The zero-order chi connectivity index (χ0) is 15.5. The highest BCUT2D eigenvalue weighted by molar-refractivity contribution is 7.91. The van der Waals surface area contributed by atoms with E-state index in [0.717, 1.165) is 11.4 Å². The minimum absolute atomic E-state index is 0.0428. The highest BCUT2D eigenvalue weighted by Gasteiger charge is 2.30. The van der Waals surface area contributed by atoms with E-state index in [-0.39, 0.29) is 24.6 Å². The summed E-state index contributed by atoms with van der Waals surface area (Å²) in [4.78, 5) is 1.07. The molecule has 0 saturated carbocycles. The van der Waals surface area contributed by atoms with Crippen LogP contribution in [-0.2, 0) is 26.4 Å². The lowest BCUT2D eigenvalue weighted by atomic mass is 10.4. The third-order valence-corrected chi connectivity index (χ3v) is 8.12. The first-order valence-electron chi connectivity index (χ1n) is 6.84. The van der Waals surface area contributed by atoms with Gasteiger partial charge >= 0.3 is 0 Å². The van der Waals surface area contributed by atoms with E-state index < -0.39 is 19.9 Å². The fraction of sp³-hybridized carbons (Fsp3) is 0.667. The van der Waals surface area contributed by atoms with Crippen molar-refractivity contribution in [1.29, 1.82) is 0 Å². The smallest absolute Gasteiger partial charge is 0.244 e. The molecule has 0 aromatic carbocycles. The molecular formula is C12H20N2O4S3. The summed E-state index contributed by atoms with van der Waals surface area (Å²) in [7, 11) is -6.74. The molecule has 6 nitrogen and oxygen atoms in total. The molecule has 21 heavy (non-hydrogen) atoms. The van der Waals surface area contributed by atoms with Gasteiger partial charge in [0.15, 0.2) is 9.84 Å². The van der Waals surface area contributed by atoms with Gasteiger partial charge in [0.2, 0.25) is 10.0 Å². The van der Waals surface area contributed by atoms with E-state index in [4.69, 9.17) is 0 Å². The second-order valence-corrected chi connectivity index (χ2v) is 10.1. The Bertz CT molecular complexity index is 679. The monoisotopic (exact) mass is 352 g/mol. The molecule has 0 spiro atoms. The molecule has 1 aromatic heterocycles. The van der Waals surface area contributed by atoms with Crippen LogP contribution in [0.5, 0.6) is 0 Å². The minimum atomic E-state index is -3.61. The Kier molecular flexibility index (Phi) is 5.42. The van der Waals surface area contributed by atoms with Crippen molar-refractivity contribution in [2.45, 2.75) is 24.8 Å². The molecule has 2 heterocycles. The van der Waals surface area contributed by atoms with Crippen LogP contribution in [0.4, 0.5) is 0 Å². The molecule has 0 unspecified atom stereocenters. The van der Waals surface area contributed by atoms with Crippen LogP contribution < -0.4 is 5.32 Å². The molecule has 1 saturated heterocycles. The summed E-state index contributed by atoms with van der Waals surface area (Å²) in [5.74, 6) is -0.0359. The maximum atomic E-state index is 12.7. The summed E-state index contributed by atoms with van der Waals surface area (Å²) in [5.41, 5.74) is 0. The number of hydrogen-bond donors (Lipinski definition) is 1. The Balaban J connectivity index is 2.24. The SMILES string of the molecule is CCNCc1sccc1S(=O)(=O)N1CCCS(=O)(=O)CC1. The quantitative estimate of drug-likeness (QED) is 0.842. The first kappa shape index (κ1) is 16.9. The molecule has 0 amide bonds. The lowest BCUT2D eigenvalue weighted by Crippen LogP contribution is -2.34. The predicted molar refractivity (Wildman–Crippen MR) is 83.7 cm³/mol. The van der Waals surface area contributed by atoms with Crippen molar-refractivity contribution in [3.63, 3.8) is 0 Å². The Morgan fingerprint density at radius 1 is 1.33 bits per heavy atom. The Morgan fingerprint density at radius 2 is 2.10 bits per heavy atom. The second kappa shape index (κ2) is 6.74. The van der Waals surface area contributed by atoms with Crippen LogP contribution in [0.15, 0.2) is 16.3 Å². The summed E-state index contributed by atoms with van der Waals surface area (Å²) in [5, 5.41) is 4.88. The third kappa shape index (κ3) is 4.04. The van der Waals surface area contributed by atoms with Crippen molar-refractivity contribution in [2.24, 2.45) is 0 Å². The summed E-state index contributed by atoms with van der Waals surface area (Å²) < 4.78 is 49.9. The average Bonchev–Trinajstić information content (AvgIpc) is 2.81. The molecule has 0 radical (unpaired) electrons. The number of rotatable bonds is 5. The van der Waals surface area contributed by atoms with Crippen LogP contribution in [0, 0.1) is 0 Å². The normalized spacial score (nSPS) is 20.2. The summed E-state index contributed by atoms with van der Waals surface area (Å²) >= 11 is 1.40. The molecule has 1 aliphatic heterocycles. The third-order valence-electron chi connectivity index (χ3n) is 3.37. The van der Waals surface area contributed by atoms with E-state index in [1.54, 1.807) is 11.4 Å². The summed E-state index contributed by atoms with van der Waals surface area (Å²) in [6.45, 7) is 3.54. The van der Waals surface area contributed by atoms with Gasteiger partial charge in [-0.05, 0) is 24.4 Å². The number of sulfone groups is 1. The number of hydrogen-bond acceptors (Lipinski definition) is 6. The van der Waals surface area contributed by atoms with Gasteiger partial charge in [0.25, 0.3) is 0 Å². The van der Waals surface area contributed by atoms with Gasteiger partial charge in [-0.25, -0.2) is 16.8 Å². The Labute approximate surface area is 130 Å². The fourth-order valence-electron chi connectivity index (χ4n) is 2.22. The van der Waals surface area contributed by atoms with Gasteiger partial charge in [0.05, 0.1) is 16.4 Å². The zero-order valence-corrected chi connectivity index (χ0v) is 14.4. The molecule has 0 aliphatic carbocycles. The first-order valence-corrected chi connectivity index (χ1v) is 11.0. The van der Waals surface area contributed by atoms with Gasteiger partial charge < -0.3 is 5.32 Å². The lowest BCUT2D eigenvalue weighted by Gasteiger charge is -2.19. The van der Waals surface area contributed by atoms with Crippen LogP contribution in [0.3, 0.4) is 0 Å². The molecule has 0 bridgehead atoms. The largest absolute Gasteiger partial charge is 0.312 e. The van der Waals surface area contributed by atoms with E-state index in [9.17, 15) is 16.8 Å². The molecule has 1 fully saturated rings. The second-order valence-electron chi connectivity index (χ2n) is 4.90. The van der Waals surface area contributed by atoms with Crippen LogP contribution in [-0.4, -0.2) is 52.3 Å². The van der Waals surface area contributed by atoms with Crippen LogP contribution in [0.1, 0.15) is 18.2 Å². The van der Waals surface area contributed by atoms with E-state index in [1.165, 1.54) is 15.6 Å². The van der Waals surface area contributed by atoms with Crippen molar-refractivity contribution >= 4 is 31.2 Å². The van der Waals surface area contributed by atoms with Gasteiger partial charge in [0.1, 0.15) is 0 Å². The van der Waals surface area contributed by atoms with Crippen molar-refractivity contribution < 1.29 is 16.8 Å². The average molecular weight is 353 g/mol. The molecule has 1 N–H and O–H groups in total. The maximum absolute atomic E-state index is 12.7. The topological polar surface area (TPSA) is 83.6 Å². The van der Waals surface area contributed by atoms with E-state index in [1.807, 2.05) is 6.92 Å². The van der Waals surface area contributed by atoms with Crippen molar-refractivity contribution in [3.8, 4) is 0 Å². The fourth-order valence-corrected chi connectivity index (χ4v) is 6.47. The van der Waals surface area contributed by atoms with E-state index >= 15 is 0 Å². The van der Waals surface area contributed by atoms with Crippen molar-refractivity contribution in [3.05, 3.63) is 16.3 Å². The molecule has 9 heteroatoms. The lowest BCUT2D eigenvalue weighted by molar-refractivity contribution is 0.434. The molecule has 1 aliphatic rings. The highest BCUT2D eigenvalue weighted by atomic mass is 32.2. The van der Waals surface area contributed by atoms with Crippen molar-refractivity contribution in [2.75, 3.05) is 31.1 Å². The number of nitrogens with one attached hydrogen (secondary N) is 1. The molecular weight excluding hydrogens is 332 g/mol. The van der Waals surface area contributed by atoms with Gasteiger partial charge in [-0.15, -0.1) is 11.3 Å². The Morgan fingerprint density at radius 3 is 2.81 bits per heavy atom. The molecule has 0 atom stereocenters. The van der Waals surface area contributed by atoms with E-state index in [0.29, 0.717) is 17.9 Å². The number of nitrogens with zero attached hydrogens (tertiary/aromatic N) is 1. The van der Waals surface area contributed by atoms with Gasteiger partial charge in [-0.1, -0.05) is 6.92 Å². The number of thiophene rings is 1. The van der Waals surface area contributed by atoms with Gasteiger partial charge in [-0.3, -0.25) is 0 Å². The molecule has 120 valence electrons. The predicted octanol–water partition coefficient (Wildman–Crippen LogP) is 0.667. The first-order chi connectivity index (χ1) is 9.87. The molecule has 1 aromatic rings. The summed E-state index contributed by atoms with van der Waals surface area (Å²) in [6.07, 6.45) is 0.355. The van der Waals surface area contributed by atoms with Crippen LogP contribution >= 0.6 is 11.3 Å². The zero-order valence-electron chi connectivity index (χ0n) is 11.9.